The van der Waals surface area contributed by atoms with Crippen molar-refractivity contribution in [3.8, 4) is 0 Å². The molecule has 5 heteroatoms. The van der Waals surface area contributed by atoms with Crippen LogP contribution in [0.2, 0.25) is 5.02 Å². The Morgan fingerprint density at radius 1 is 1.35 bits per heavy atom. The first-order valence-electron chi connectivity index (χ1n) is 7.45. The highest BCUT2D eigenvalue weighted by Crippen LogP contribution is 2.59. The van der Waals surface area contributed by atoms with Crippen LogP contribution in [-0.4, -0.2) is 19.0 Å². The van der Waals surface area contributed by atoms with E-state index >= 15 is 0 Å². The van der Waals surface area contributed by atoms with E-state index in [1.807, 2.05) is 26.0 Å². The number of allylic oxidation sites excluding steroid dienone is 1. The maximum absolute atomic E-state index is 12.3. The summed E-state index contributed by atoms with van der Waals surface area (Å²) in [5.74, 6) is -0.901. The standard InChI is InChI=1S/C18H21ClO4/c1-11(16(20)22-4)8-14-15(18(14,2)3)17(21)23-10-12-6-5-7-13(19)9-12/h5-9,14-15H,10H2,1-4H3/b11-8+/t14-,15+/m1/s1. The van der Waals surface area contributed by atoms with Crippen LogP contribution in [0.4, 0.5) is 0 Å². The molecule has 1 aliphatic carbocycles. The van der Waals surface area contributed by atoms with Crippen molar-refractivity contribution in [3.05, 3.63) is 46.5 Å². The number of hydrogen-bond donors (Lipinski definition) is 0. The van der Waals surface area contributed by atoms with Gasteiger partial charge in [-0.2, -0.15) is 0 Å². The Morgan fingerprint density at radius 3 is 2.65 bits per heavy atom. The number of rotatable bonds is 5. The predicted molar refractivity (Wildman–Crippen MR) is 87.8 cm³/mol. The van der Waals surface area contributed by atoms with Crippen LogP contribution < -0.4 is 0 Å². The SMILES string of the molecule is COC(=O)/C(C)=C/[C@@H]1[C@@H](C(=O)OCc2cccc(Cl)c2)C1(C)C. The summed E-state index contributed by atoms with van der Waals surface area (Å²) in [5, 5.41) is 0.611. The molecule has 0 saturated heterocycles. The lowest BCUT2D eigenvalue weighted by atomic mass is 10.1. The Balaban J connectivity index is 1.98. The fraction of sp³-hybridized carbons (Fsp3) is 0.444. The molecule has 23 heavy (non-hydrogen) atoms. The average Bonchev–Trinajstić information content (AvgIpc) is 3.04. The third kappa shape index (κ3) is 3.94. The lowest BCUT2D eigenvalue weighted by molar-refractivity contribution is -0.147. The normalized spacial score (nSPS) is 22.4. The lowest BCUT2D eigenvalue weighted by Crippen LogP contribution is -2.10. The summed E-state index contributed by atoms with van der Waals surface area (Å²) < 4.78 is 10.1. The zero-order valence-corrected chi connectivity index (χ0v) is 14.5. The van der Waals surface area contributed by atoms with Gasteiger partial charge >= 0.3 is 11.9 Å². The zero-order chi connectivity index (χ0) is 17.2. The van der Waals surface area contributed by atoms with Gasteiger partial charge in [0, 0.05) is 10.6 Å². The Hall–Kier alpha value is -1.81. The van der Waals surface area contributed by atoms with E-state index in [-0.39, 0.29) is 35.8 Å². The first-order chi connectivity index (χ1) is 10.8. The first kappa shape index (κ1) is 17.5. The first-order valence-corrected chi connectivity index (χ1v) is 7.83. The highest BCUT2D eigenvalue weighted by molar-refractivity contribution is 6.30. The summed E-state index contributed by atoms with van der Waals surface area (Å²) in [6.45, 7) is 5.86. The largest absolute Gasteiger partial charge is 0.466 e. The summed E-state index contributed by atoms with van der Waals surface area (Å²) in [6.07, 6.45) is 1.80. The van der Waals surface area contributed by atoms with Crippen molar-refractivity contribution < 1.29 is 19.1 Å². The van der Waals surface area contributed by atoms with Crippen LogP contribution in [0.5, 0.6) is 0 Å². The molecular formula is C18H21ClO4. The van der Waals surface area contributed by atoms with Gasteiger partial charge < -0.3 is 9.47 Å². The maximum Gasteiger partial charge on any atom is 0.333 e. The van der Waals surface area contributed by atoms with Crippen LogP contribution >= 0.6 is 11.6 Å². The number of carbonyl (C=O) groups excluding carboxylic acids is 2. The van der Waals surface area contributed by atoms with E-state index in [2.05, 4.69) is 4.74 Å². The predicted octanol–water partition coefficient (Wildman–Crippen LogP) is 3.77. The number of ether oxygens (including phenoxy) is 2. The number of hydrogen-bond acceptors (Lipinski definition) is 4. The van der Waals surface area contributed by atoms with Gasteiger partial charge in [-0.1, -0.05) is 43.7 Å². The fourth-order valence-electron chi connectivity index (χ4n) is 2.81. The summed E-state index contributed by atoms with van der Waals surface area (Å²) in [7, 11) is 1.34. The molecule has 0 N–H and O–H groups in total. The van der Waals surface area contributed by atoms with Gasteiger partial charge in [0.25, 0.3) is 0 Å². The monoisotopic (exact) mass is 336 g/mol. The Morgan fingerprint density at radius 2 is 2.04 bits per heavy atom. The molecule has 0 unspecified atom stereocenters. The Kier molecular flexibility index (Phi) is 5.15. The number of benzene rings is 1. The van der Waals surface area contributed by atoms with Crippen LogP contribution in [0.3, 0.4) is 0 Å². The molecule has 0 spiro atoms. The van der Waals surface area contributed by atoms with E-state index < -0.39 is 0 Å². The number of halogens is 1. The third-order valence-electron chi connectivity index (χ3n) is 4.37. The van der Waals surface area contributed by atoms with Crippen LogP contribution in [0, 0.1) is 17.3 Å². The Bertz CT molecular complexity index is 648. The molecular weight excluding hydrogens is 316 g/mol. The molecule has 0 amide bonds. The molecule has 124 valence electrons. The second-order valence-electron chi connectivity index (χ2n) is 6.40. The van der Waals surface area contributed by atoms with Gasteiger partial charge in [-0.3, -0.25) is 4.79 Å². The second kappa shape index (κ2) is 6.75. The van der Waals surface area contributed by atoms with Crippen LogP contribution in [0.15, 0.2) is 35.9 Å². The van der Waals surface area contributed by atoms with E-state index in [0.29, 0.717) is 10.6 Å². The van der Waals surface area contributed by atoms with Crippen molar-refractivity contribution in [2.45, 2.75) is 27.4 Å². The fourth-order valence-corrected chi connectivity index (χ4v) is 3.02. The topological polar surface area (TPSA) is 52.6 Å². The highest BCUT2D eigenvalue weighted by Gasteiger charge is 2.61. The minimum absolute atomic E-state index is 0.0199. The number of esters is 2. The zero-order valence-electron chi connectivity index (χ0n) is 13.8. The lowest BCUT2D eigenvalue weighted by Gasteiger charge is -2.06. The molecule has 0 aromatic heterocycles. The van der Waals surface area contributed by atoms with Crippen molar-refractivity contribution in [2.75, 3.05) is 7.11 Å². The van der Waals surface area contributed by atoms with Gasteiger partial charge in [-0.15, -0.1) is 0 Å². The molecule has 0 heterocycles. The van der Waals surface area contributed by atoms with Gasteiger partial charge in [-0.25, -0.2) is 4.79 Å². The summed E-state index contributed by atoms with van der Waals surface area (Å²) in [4.78, 5) is 23.8. The van der Waals surface area contributed by atoms with E-state index in [1.54, 1.807) is 25.1 Å². The van der Waals surface area contributed by atoms with Crippen LogP contribution in [-0.2, 0) is 25.7 Å². The number of carbonyl (C=O) groups is 2. The summed E-state index contributed by atoms with van der Waals surface area (Å²) >= 11 is 5.91. The molecule has 4 nitrogen and oxygen atoms in total. The van der Waals surface area contributed by atoms with Gasteiger partial charge in [0.1, 0.15) is 6.61 Å². The molecule has 2 rings (SSSR count). The van der Waals surface area contributed by atoms with Crippen molar-refractivity contribution in [1.29, 1.82) is 0 Å². The molecule has 1 saturated carbocycles. The van der Waals surface area contributed by atoms with Crippen molar-refractivity contribution in [2.24, 2.45) is 17.3 Å². The minimum atomic E-state index is -0.376. The molecule has 0 aliphatic heterocycles. The summed E-state index contributed by atoms with van der Waals surface area (Å²) in [5.41, 5.74) is 1.14. The van der Waals surface area contributed by atoms with Crippen molar-refractivity contribution >= 4 is 23.5 Å². The van der Waals surface area contributed by atoms with E-state index in [4.69, 9.17) is 16.3 Å². The van der Waals surface area contributed by atoms with E-state index in [1.165, 1.54) is 7.11 Å². The van der Waals surface area contributed by atoms with Gasteiger partial charge in [0.2, 0.25) is 0 Å². The molecule has 1 aromatic carbocycles. The molecule has 1 aromatic rings. The smallest absolute Gasteiger partial charge is 0.333 e. The van der Waals surface area contributed by atoms with E-state index in [0.717, 1.165) is 5.56 Å². The molecule has 0 radical (unpaired) electrons. The van der Waals surface area contributed by atoms with Gasteiger partial charge in [0.05, 0.1) is 13.0 Å². The van der Waals surface area contributed by atoms with Crippen molar-refractivity contribution in [1.82, 2.24) is 0 Å². The second-order valence-corrected chi connectivity index (χ2v) is 6.84. The molecule has 1 aliphatic rings. The highest BCUT2D eigenvalue weighted by atomic mass is 35.5. The van der Waals surface area contributed by atoms with Gasteiger partial charge in [0.15, 0.2) is 0 Å². The average molecular weight is 337 g/mol. The molecule has 0 bridgehead atoms. The molecule has 1 fully saturated rings. The Labute approximate surface area is 141 Å². The maximum atomic E-state index is 12.3. The minimum Gasteiger partial charge on any atom is -0.466 e. The van der Waals surface area contributed by atoms with E-state index in [9.17, 15) is 9.59 Å². The number of methoxy groups -OCH3 is 1. The van der Waals surface area contributed by atoms with Crippen LogP contribution in [0.25, 0.3) is 0 Å². The molecule has 2 atom stereocenters. The van der Waals surface area contributed by atoms with Crippen molar-refractivity contribution in [3.63, 3.8) is 0 Å². The third-order valence-corrected chi connectivity index (χ3v) is 4.61. The van der Waals surface area contributed by atoms with Gasteiger partial charge in [-0.05, 0) is 36.0 Å². The van der Waals surface area contributed by atoms with Crippen LogP contribution in [0.1, 0.15) is 26.3 Å². The quantitative estimate of drug-likeness (QED) is 0.606. The summed E-state index contributed by atoms with van der Waals surface area (Å²) in [6, 6.07) is 7.22.